The number of carbonyl (C=O) groups is 2. The van der Waals surface area contributed by atoms with E-state index in [1.54, 1.807) is 40.9 Å². The zero-order chi connectivity index (χ0) is 22.5. The third-order valence-corrected chi connectivity index (χ3v) is 6.49. The van der Waals surface area contributed by atoms with E-state index in [1.807, 2.05) is 18.2 Å². The van der Waals surface area contributed by atoms with Crippen LogP contribution in [0, 0.1) is 5.92 Å². The van der Waals surface area contributed by atoms with E-state index in [2.05, 4.69) is 10.2 Å². The van der Waals surface area contributed by atoms with Gasteiger partial charge in [-0.1, -0.05) is 35.5 Å². The summed E-state index contributed by atoms with van der Waals surface area (Å²) in [6.45, 7) is 3.25. The molecule has 0 radical (unpaired) electrons. The van der Waals surface area contributed by atoms with E-state index >= 15 is 0 Å². The molecular weight excluding hydrogens is 452 g/mol. The second kappa shape index (κ2) is 10.2. The molecule has 0 atom stereocenters. The molecular formula is C22H23ClN4O4S. The maximum Gasteiger partial charge on any atom is 0.309 e. The minimum absolute atomic E-state index is 0.00874. The van der Waals surface area contributed by atoms with Gasteiger partial charge in [0, 0.05) is 13.1 Å². The molecule has 0 saturated carbocycles. The SMILES string of the molecule is CCOC(=O)C1CCN(C(=O)CSc2nnc(-c3ccco3)n2-c2ccccc2Cl)CC1. The zero-order valence-electron chi connectivity index (χ0n) is 17.6. The van der Waals surface area contributed by atoms with Crippen LogP contribution in [0.5, 0.6) is 0 Å². The number of nitrogens with zero attached hydrogens (tertiary/aromatic N) is 4. The Labute approximate surface area is 194 Å². The number of piperidine rings is 1. The summed E-state index contributed by atoms with van der Waals surface area (Å²) in [5, 5.41) is 9.64. The van der Waals surface area contributed by atoms with Crippen molar-refractivity contribution in [1.29, 1.82) is 0 Å². The number of para-hydroxylation sites is 1. The molecule has 1 saturated heterocycles. The molecule has 32 heavy (non-hydrogen) atoms. The summed E-state index contributed by atoms with van der Waals surface area (Å²) < 4.78 is 12.4. The quantitative estimate of drug-likeness (QED) is 0.376. The highest BCUT2D eigenvalue weighted by molar-refractivity contribution is 7.99. The average molecular weight is 475 g/mol. The molecule has 1 aliphatic rings. The molecule has 8 nitrogen and oxygen atoms in total. The largest absolute Gasteiger partial charge is 0.466 e. The Hall–Kier alpha value is -2.78. The molecule has 168 valence electrons. The predicted octanol–water partition coefficient (Wildman–Crippen LogP) is 4.07. The molecule has 0 N–H and O–H groups in total. The number of rotatable bonds is 7. The Bertz CT molecular complexity index is 1080. The predicted molar refractivity (Wildman–Crippen MR) is 121 cm³/mol. The van der Waals surface area contributed by atoms with Gasteiger partial charge in [0.2, 0.25) is 11.7 Å². The lowest BCUT2D eigenvalue weighted by Gasteiger charge is -2.30. The van der Waals surface area contributed by atoms with E-state index < -0.39 is 0 Å². The fourth-order valence-corrected chi connectivity index (χ4v) is 4.69. The number of carbonyl (C=O) groups excluding carboxylic acids is 2. The second-order valence-electron chi connectivity index (χ2n) is 7.27. The fourth-order valence-electron chi connectivity index (χ4n) is 3.62. The lowest BCUT2D eigenvalue weighted by Crippen LogP contribution is -2.41. The summed E-state index contributed by atoms with van der Waals surface area (Å²) in [5.74, 6) is 0.943. The van der Waals surface area contributed by atoms with Crippen LogP contribution >= 0.6 is 23.4 Å². The van der Waals surface area contributed by atoms with E-state index in [0.29, 0.717) is 60.0 Å². The van der Waals surface area contributed by atoms with Crippen molar-refractivity contribution in [3.05, 3.63) is 47.7 Å². The van der Waals surface area contributed by atoms with Gasteiger partial charge >= 0.3 is 5.97 Å². The van der Waals surface area contributed by atoms with Crippen LogP contribution in [0.1, 0.15) is 19.8 Å². The summed E-state index contributed by atoms with van der Waals surface area (Å²) >= 11 is 7.73. The summed E-state index contributed by atoms with van der Waals surface area (Å²) in [5.41, 5.74) is 0.704. The van der Waals surface area contributed by atoms with Gasteiger partial charge in [-0.3, -0.25) is 14.2 Å². The number of aromatic nitrogens is 3. The topological polar surface area (TPSA) is 90.5 Å². The number of hydrogen-bond donors (Lipinski definition) is 0. The van der Waals surface area contributed by atoms with Crippen LogP contribution in [0.3, 0.4) is 0 Å². The van der Waals surface area contributed by atoms with E-state index in [-0.39, 0.29) is 23.5 Å². The first-order valence-corrected chi connectivity index (χ1v) is 11.8. The van der Waals surface area contributed by atoms with Gasteiger partial charge in [0.25, 0.3) is 0 Å². The highest BCUT2D eigenvalue weighted by atomic mass is 35.5. The van der Waals surface area contributed by atoms with Crippen LogP contribution in [0.2, 0.25) is 5.02 Å². The smallest absolute Gasteiger partial charge is 0.309 e. The molecule has 1 fully saturated rings. The van der Waals surface area contributed by atoms with Gasteiger partial charge in [-0.15, -0.1) is 10.2 Å². The third kappa shape index (κ3) is 4.83. The number of ether oxygens (including phenoxy) is 1. The highest BCUT2D eigenvalue weighted by Gasteiger charge is 2.28. The summed E-state index contributed by atoms with van der Waals surface area (Å²) in [6, 6.07) is 10.9. The standard InChI is InChI=1S/C22H23ClN4O4S/c1-2-30-21(29)15-9-11-26(12-10-15)19(28)14-32-22-25-24-20(18-8-5-13-31-18)27(22)17-7-4-3-6-16(17)23/h3-8,13,15H,2,9-12,14H2,1H3. The molecule has 2 aromatic heterocycles. The normalized spacial score (nSPS) is 14.5. The lowest BCUT2D eigenvalue weighted by molar-refractivity contribution is -0.151. The number of thioether (sulfide) groups is 1. The van der Waals surface area contributed by atoms with Gasteiger partial charge in [0.15, 0.2) is 10.9 Å². The highest BCUT2D eigenvalue weighted by Crippen LogP contribution is 2.32. The molecule has 0 spiro atoms. The molecule has 1 aliphatic heterocycles. The first-order chi connectivity index (χ1) is 15.6. The first-order valence-electron chi connectivity index (χ1n) is 10.4. The number of likely N-dealkylation sites (tertiary alicyclic amines) is 1. The van der Waals surface area contributed by atoms with Crippen molar-refractivity contribution in [3.8, 4) is 17.3 Å². The number of furan rings is 1. The Morgan fingerprint density at radius 1 is 1.19 bits per heavy atom. The van der Waals surface area contributed by atoms with Crippen LogP contribution in [0.25, 0.3) is 17.3 Å². The molecule has 0 bridgehead atoms. The molecule has 4 rings (SSSR count). The number of amides is 1. The maximum absolute atomic E-state index is 12.8. The number of hydrogen-bond acceptors (Lipinski definition) is 7. The van der Waals surface area contributed by atoms with Gasteiger partial charge in [-0.2, -0.15) is 0 Å². The van der Waals surface area contributed by atoms with Gasteiger partial charge in [0.1, 0.15) is 0 Å². The maximum atomic E-state index is 12.8. The van der Waals surface area contributed by atoms with Gasteiger partial charge in [-0.25, -0.2) is 0 Å². The van der Waals surface area contributed by atoms with Crippen molar-refractivity contribution in [2.45, 2.75) is 24.9 Å². The number of benzene rings is 1. The van der Waals surface area contributed by atoms with Gasteiger partial charge in [-0.05, 0) is 44.0 Å². The van der Waals surface area contributed by atoms with Crippen molar-refractivity contribution in [1.82, 2.24) is 19.7 Å². The average Bonchev–Trinajstić information content (AvgIpc) is 3.48. The molecule has 3 heterocycles. The van der Waals surface area contributed by atoms with Crippen LogP contribution in [-0.2, 0) is 14.3 Å². The van der Waals surface area contributed by atoms with Crippen molar-refractivity contribution in [3.63, 3.8) is 0 Å². The molecule has 0 aliphatic carbocycles. The van der Waals surface area contributed by atoms with Crippen LogP contribution < -0.4 is 0 Å². The van der Waals surface area contributed by atoms with Crippen molar-refractivity contribution in [2.75, 3.05) is 25.4 Å². The van der Waals surface area contributed by atoms with Crippen molar-refractivity contribution < 1.29 is 18.7 Å². The molecule has 10 heteroatoms. The Balaban J connectivity index is 1.47. The number of halogens is 1. The summed E-state index contributed by atoms with van der Waals surface area (Å²) in [7, 11) is 0. The van der Waals surface area contributed by atoms with E-state index in [9.17, 15) is 9.59 Å². The monoisotopic (exact) mass is 474 g/mol. The van der Waals surface area contributed by atoms with Gasteiger partial charge < -0.3 is 14.1 Å². The third-order valence-electron chi connectivity index (χ3n) is 5.26. The zero-order valence-corrected chi connectivity index (χ0v) is 19.1. The van der Waals surface area contributed by atoms with Crippen LogP contribution in [0.4, 0.5) is 0 Å². The van der Waals surface area contributed by atoms with Crippen LogP contribution in [-0.4, -0.2) is 57.0 Å². The second-order valence-corrected chi connectivity index (χ2v) is 8.62. The van der Waals surface area contributed by atoms with E-state index in [4.69, 9.17) is 20.8 Å². The van der Waals surface area contributed by atoms with Crippen molar-refractivity contribution >= 4 is 35.2 Å². The Morgan fingerprint density at radius 3 is 2.66 bits per heavy atom. The van der Waals surface area contributed by atoms with Crippen LogP contribution in [0.15, 0.2) is 52.2 Å². The first kappa shape index (κ1) is 22.4. The molecule has 0 unspecified atom stereocenters. The Kier molecular flexibility index (Phi) is 7.16. The fraction of sp³-hybridized carbons (Fsp3) is 0.364. The molecule has 1 amide bonds. The molecule has 3 aromatic rings. The minimum atomic E-state index is -0.174. The van der Waals surface area contributed by atoms with E-state index in [1.165, 1.54) is 11.8 Å². The summed E-state index contributed by atoms with van der Waals surface area (Å²) in [6.07, 6.45) is 2.80. The number of esters is 1. The van der Waals surface area contributed by atoms with E-state index in [0.717, 1.165) is 0 Å². The Morgan fingerprint density at radius 2 is 1.97 bits per heavy atom. The minimum Gasteiger partial charge on any atom is -0.466 e. The van der Waals surface area contributed by atoms with Crippen molar-refractivity contribution in [2.24, 2.45) is 5.92 Å². The van der Waals surface area contributed by atoms with Gasteiger partial charge in [0.05, 0.1) is 35.3 Å². The lowest BCUT2D eigenvalue weighted by atomic mass is 9.97. The summed E-state index contributed by atoms with van der Waals surface area (Å²) in [4.78, 5) is 26.5. The molecule has 1 aromatic carbocycles.